The molecule has 0 radical (unpaired) electrons. The van der Waals surface area contributed by atoms with Crippen LogP contribution < -0.4 is 15.4 Å². The van der Waals surface area contributed by atoms with Crippen molar-refractivity contribution < 1.29 is 23.1 Å². The Hall–Kier alpha value is -2.96. The van der Waals surface area contributed by atoms with Crippen molar-refractivity contribution in [2.75, 3.05) is 5.32 Å². The molecule has 0 bridgehead atoms. The smallest absolute Gasteiger partial charge is 0.387 e. The maximum absolute atomic E-state index is 12.6. The van der Waals surface area contributed by atoms with Crippen LogP contribution in [0.5, 0.6) is 5.75 Å². The van der Waals surface area contributed by atoms with Crippen LogP contribution in [0.3, 0.4) is 0 Å². The molecule has 0 heterocycles. The van der Waals surface area contributed by atoms with Gasteiger partial charge in [-0.3, -0.25) is 9.59 Å². The van der Waals surface area contributed by atoms with Crippen molar-refractivity contribution in [3.05, 3.63) is 59.7 Å². The maximum atomic E-state index is 12.6. The minimum Gasteiger partial charge on any atom is -0.434 e. The number of carbonyl (C=O) groups excluding carboxylic acids is 2. The molecule has 0 fully saturated rings. The largest absolute Gasteiger partial charge is 0.434 e. The second-order valence-electron chi connectivity index (χ2n) is 5.61. The first kappa shape index (κ1) is 19.4. The lowest BCUT2D eigenvalue weighted by atomic mass is 10.0. The highest BCUT2D eigenvalue weighted by Crippen LogP contribution is 2.28. The number of ether oxygens (including phenoxy) is 1. The van der Waals surface area contributed by atoms with Crippen LogP contribution in [0.25, 0.3) is 0 Å². The van der Waals surface area contributed by atoms with E-state index in [2.05, 4.69) is 15.4 Å². The number of rotatable bonds is 7. The van der Waals surface area contributed by atoms with E-state index in [1.807, 2.05) is 6.92 Å². The van der Waals surface area contributed by atoms with Crippen LogP contribution in [0.2, 0.25) is 0 Å². The first-order valence-corrected chi connectivity index (χ1v) is 8.13. The van der Waals surface area contributed by atoms with E-state index in [1.165, 1.54) is 13.0 Å². The van der Waals surface area contributed by atoms with E-state index in [0.29, 0.717) is 23.2 Å². The monoisotopic (exact) mass is 362 g/mol. The highest BCUT2D eigenvalue weighted by molar-refractivity contribution is 5.97. The Bertz CT molecular complexity index is 781. The standard InChI is InChI=1S/C19H20F2N2O3/c1-3-16(15-9-4-5-10-17(15)26-19(20)21)23-18(25)13-7-6-8-14(11-13)22-12(2)24/h4-11,16,19H,3H2,1-2H3,(H,22,24)(H,23,25)/t16-/m0/s1. The van der Waals surface area contributed by atoms with E-state index in [9.17, 15) is 18.4 Å². The van der Waals surface area contributed by atoms with Gasteiger partial charge in [-0.25, -0.2) is 0 Å². The van der Waals surface area contributed by atoms with Gasteiger partial charge in [0.25, 0.3) is 5.91 Å². The summed E-state index contributed by atoms with van der Waals surface area (Å²) in [6, 6.07) is 12.3. The fraction of sp³-hybridized carbons (Fsp3) is 0.263. The number of alkyl halides is 2. The number of nitrogens with one attached hydrogen (secondary N) is 2. The van der Waals surface area contributed by atoms with Crippen LogP contribution in [-0.4, -0.2) is 18.4 Å². The van der Waals surface area contributed by atoms with Gasteiger partial charge in [0, 0.05) is 23.7 Å². The topological polar surface area (TPSA) is 67.4 Å². The number of hydrogen-bond acceptors (Lipinski definition) is 3. The summed E-state index contributed by atoms with van der Waals surface area (Å²) >= 11 is 0. The van der Waals surface area contributed by atoms with E-state index in [-0.39, 0.29) is 17.6 Å². The molecule has 0 saturated heterocycles. The molecule has 7 heteroatoms. The average molecular weight is 362 g/mol. The maximum Gasteiger partial charge on any atom is 0.387 e. The third-order valence-corrected chi connectivity index (χ3v) is 3.67. The summed E-state index contributed by atoms with van der Waals surface area (Å²) in [5, 5.41) is 5.42. The number of amides is 2. The van der Waals surface area contributed by atoms with Crippen molar-refractivity contribution in [1.29, 1.82) is 0 Å². The van der Waals surface area contributed by atoms with E-state index in [4.69, 9.17) is 0 Å². The first-order valence-electron chi connectivity index (χ1n) is 8.13. The molecule has 0 aliphatic heterocycles. The molecule has 2 rings (SSSR count). The van der Waals surface area contributed by atoms with Gasteiger partial charge in [0.05, 0.1) is 6.04 Å². The molecule has 2 aromatic rings. The fourth-order valence-electron chi connectivity index (χ4n) is 2.55. The number of benzene rings is 2. The van der Waals surface area contributed by atoms with Crippen LogP contribution >= 0.6 is 0 Å². The van der Waals surface area contributed by atoms with Crippen molar-refractivity contribution in [2.45, 2.75) is 32.9 Å². The fourth-order valence-corrected chi connectivity index (χ4v) is 2.55. The summed E-state index contributed by atoms with van der Waals surface area (Å²) in [5.74, 6) is -0.593. The zero-order valence-electron chi connectivity index (χ0n) is 14.5. The average Bonchev–Trinajstić information content (AvgIpc) is 2.59. The number of hydrogen-bond donors (Lipinski definition) is 2. The zero-order valence-corrected chi connectivity index (χ0v) is 14.5. The molecule has 26 heavy (non-hydrogen) atoms. The van der Waals surface area contributed by atoms with Crippen molar-refractivity contribution >= 4 is 17.5 Å². The summed E-state index contributed by atoms with van der Waals surface area (Å²) in [7, 11) is 0. The summed E-state index contributed by atoms with van der Waals surface area (Å²) in [6.45, 7) is 0.260. The Kier molecular flexibility index (Phi) is 6.66. The predicted octanol–water partition coefficient (Wildman–Crippen LogP) is 4.13. The van der Waals surface area contributed by atoms with Crippen molar-refractivity contribution in [2.24, 2.45) is 0 Å². The number of para-hydroxylation sites is 1. The van der Waals surface area contributed by atoms with E-state index in [0.717, 1.165) is 0 Å². The van der Waals surface area contributed by atoms with E-state index in [1.54, 1.807) is 42.5 Å². The minimum absolute atomic E-state index is 0.0293. The minimum atomic E-state index is -2.95. The Morgan fingerprint density at radius 3 is 2.50 bits per heavy atom. The lowest BCUT2D eigenvalue weighted by Crippen LogP contribution is -2.28. The van der Waals surface area contributed by atoms with Gasteiger partial charge in [-0.2, -0.15) is 8.78 Å². The summed E-state index contributed by atoms with van der Waals surface area (Å²) < 4.78 is 29.7. The molecule has 0 saturated carbocycles. The van der Waals surface area contributed by atoms with Crippen LogP contribution in [0, 0.1) is 0 Å². The lowest BCUT2D eigenvalue weighted by Gasteiger charge is -2.20. The molecule has 1 atom stereocenters. The van der Waals surface area contributed by atoms with Crippen LogP contribution in [0.15, 0.2) is 48.5 Å². The molecule has 0 unspecified atom stereocenters. The van der Waals surface area contributed by atoms with Gasteiger partial charge in [-0.15, -0.1) is 0 Å². The van der Waals surface area contributed by atoms with Gasteiger partial charge < -0.3 is 15.4 Å². The SMILES string of the molecule is CC[C@H](NC(=O)c1cccc(NC(C)=O)c1)c1ccccc1OC(F)F. The molecule has 2 aromatic carbocycles. The summed E-state index contributed by atoms with van der Waals surface area (Å²) in [4.78, 5) is 23.7. The Morgan fingerprint density at radius 2 is 1.85 bits per heavy atom. The van der Waals surface area contributed by atoms with E-state index >= 15 is 0 Å². The van der Waals surface area contributed by atoms with Crippen LogP contribution in [0.4, 0.5) is 14.5 Å². The molecular formula is C19H20F2N2O3. The lowest BCUT2D eigenvalue weighted by molar-refractivity contribution is -0.114. The second kappa shape index (κ2) is 8.94. The third kappa shape index (κ3) is 5.27. The first-order chi connectivity index (χ1) is 12.4. The zero-order chi connectivity index (χ0) is 19.1. The Balaban J connectivity index is 2.20. The summed E-state index contributed by atoms with van der Waals surface area (Å²) in [5.41, 5.74) is 1.32. The van der Waals surface area contributed by atoms with Crippen molar-refractivity contribution in [3.63, 3.8) is 0 Å². The molecule has 0 aliphatic carbocycles. The molecule has 0 aliphatic rings. The molecular weight excluding hydrogens is 342 g/mol. The van der Waals surface area contributed by atoms with Crippen LogP contribution in [0.1, 0.15) is 42.2 Å². The molecule has 138 valence electrons. The van der Waals surface area contributed by atoms with Gasteiger partial charge in [-0.05, 0) is 30.7 Å². The van der Waals surface area contributed by atoms with E-state index < -0.39 is 12.7 Å². The normalized spacial score (nSPS) is 11.7. The van der Waals surface area contributed by atoms with Crippen molar-refractivity contribution in [3.8, 4) is 5.75 Å². The molecule has 2 N–H and O–H groups in total. The predicted molar refractivity (Wildman–Crippen MR) is 94.3 cm³/mol. The van der Waals surface area contributed by atoms with Gasteiger partial charge in [0.15, 0.2) is 0 Å². The summed E-state index contributed by atoms with van der Waals surface area (Å²) in [6.07, 6.45) is 0.487. The highest BCUT2D eigenvalue weighted by atomic mass is 19.3. The van der Waals surface area contributed by atoms with Crippen LogP contribution in [-0.2, 0) is 4.79 Å². The number of anilines is 1. The van der Waals surface area contributed by atoms with Gasteiger partial charge in [0.2, 0.25) is 5.91 Å². The highest BCUT2D eigenvalue weighted by Gasteiger charge is 2.19. The Morgan fingerprint density at radius 1 is 1.12 bits per heavy atom. The quantitative estimate of drug-likeness (QED) is 0.778. The number of carbonyl (C=O) groups is 2. The second-order valence-corrected chi connectivity index (χ2v) is 5.61. The Labute approximate surface area is 150 Å². The molecule has 0 spiro atoms. The molecule has 2 amide bonds. The number of halogens is 2. The van der Waals surface area contributed by atoms with Gasteiger partial charge in [0.1, 0.15) is 5.75 Å². The third-order valence-electron chi connectivity index (χ3n) is 3.67. The molecule has 5 nitrogen and oxygen atoms in total. The van der Waals surface area contributed by atoms with Crippen molar-refractivity contribution in [1.82, 2.24) is 5.32 Å². The molecule has 0 aromatic heterocycles. The van der Waals surface area contributed by atoms with Gasteiger partial charge >= 0.3 is 6.61 Å². The van der Waals surface area contributed by atoms with Gasteiger partial charge in [-0.1, -0.05) is 31.2 Å².